The molecule has 3 rings (SSSR count). The summed E-state index contributed by atoms with van der Waals surface area (Å²) in [5.74, 6) is -2.37. The molecular weight excluding hydrogens is 471 g/mol. The second-order valence-corrected chi connectivity index (χ2v) is 14.2. The molecule has 35 heavy (non-hydrogen) atoms. The van der Waals surface area contributed by atoms with Crippen LogP contribution < -0.4 is 5.32 Å². The first-order valence-electron chi connectivity index (χ1n) is 12.5. The van der Waals surface area contributed by atoms with Gasteiger partial charge in [0.05, 0.1) is 23.8 Å². The van der Waals surface area contributed by atoms with Crippen LogP contribution in [-0.4, -0.2) is 48.2 Å². The molecule has 0 aromatic heterocycles. The third-order valence-electron chi connectivity index (χ3n) is 8.36. The van der Waals surface area contributed by atoms with Crippen LogP contribution in [0.2, 0.25) is 0 Å². The number of halogens is 1. The molecule has 3 fully saturated rings. The van der Waals surface area contributed by atoms with Gasteiger partial charge in [-0.2, -0.15) is 0 Å². The molecule has 1 aliphatic heterocycles. The minimum Gasteiger partial charge on any atom is -0.444 e. The van der Waals surface area contributed by atoms with Gasteiger partial charge in [0.1, 0.15) is 11.4 Å². The molecule has 1 saturated heterocycles. The number of nitrogens with zero attached hydrogens (tertiary/aromatic N) is 1. The van der Waals surface area contributed by atoms with Crippen molar-refractivity contribution in [3.05, 3.63) is 24.6 Å². The van der Waals surface area contributed by atoms with Gasteiger partial charge in [-0.1, -0.05) is 33.8 Å². The number of rotatable bonds is 7. The molecule has 0 aromatic rings. The molecule has 1 N–H and O–H groups in total. The molecular formula is C26H41FN2O5S. The van der Waals surface area contributed by atoms with Gasteiger partial charge in [-0.25, -0.2) is 21.9 Å². The number of carbonyl (C=O) groups excluding carboxylic acids is 2. The summed E-state index contributed by atoms with van der Waals surface area (Å²) in [7, 11) is -3.83. The van der Waals surface area contributed by atoms with Crippen molar-refractivity contribution in [2.75, 3.05) is 5.75 Å². The number of hydrogen-bond donors (Lipinski definition) is 1. The first-order chi connectivity index (χ1) is 16.0. The third-order valence-corrected chi connectivity index (χ3v) is 10.3. The normalized spacial score (nSPS) is 30.7. The van der Waals surface area contributed by atoms with Crippen molar-refractivity contribution < 1.29 is 27.1 Å². The van der Waals surface area contributed by atoms with Crippen LogP contribution in [0, 0.1) is 28.6 Å². The van der Waals surface area contributed by atoms with E-state index in [0.29, 0.717) is 12.3 Å². The second kappa shape index (κ2) is 9.20. The van der Waals surface area contributed by atoms with Crippen LogP contribution in [0.4, 0.5) is 9.18 Å². The maximum atomic E-state index is 15.5. The summed E-state index contributed by atoms with van der Waals surface area (Å²) in [5.41, 5.74) is -1.37. The molecule has 3 aliphatic rings. The summed E-state index contributed by atoms with van der Waals surface area (Å²) < 4.78 is 48.4. The van der Waals surface area contributed by atoms with Crippen molar-refractivity contribution in [3.8, 4) is 0 Å². The zero-order valence-electron chi connectivity index (χ0n) is 22.1. The van der Waals surface area contributed by atoms with Gasteiger partial charge in [0.15, 0.2) is 0 Å². The molecule has 2 saturated carbocycles. The van der Waals surface area contributed by atoms with E-state index in [1.807, 2.05) is 0 Å². The van der Waals surface area contributed by atoms with Crippen molar-refractivity contribution in [2.24, 2.45) is 28.6 Å². The van der Waals surface area contributed by atoms with Gasteiger partial charge in [0, 0.05) is 5.41 Å². The topological polar surface area (TPSA) is 92.8 Å². The fourth-order valence-corrected chi connectivity index (χ4v) is 9.03. The zero-order valence-corrected chi connectivity index (χ0v) is 22.9. The van der Waals surface area contributed by atoms with Gasteiger partial charge >= 0.3 is 6.09 Å². The number of ether oxygens (including phenoxy) is 1. The highest BCUT2D eigenvalue weighted by atomic mass is 32.2. The maximum Gasteiger partial charge on any atom is 0.408 e. The number of alkyl carbamates (subject to hydrolysis) is 1. The van der Waals surface area contributed by atoms with E-state index in [-0.39, 0.29) is 23.5 Å². The van der Waals surface area contributed by atoms with Gasteiger partial charge < -0.3 is 10.1 Å². The van der Waals surface area contributed by atoms with E-state index in [1.54, 1.807) is 34.6 Å². The van der Waals surface area contributed by atoms with Crippen LogP contribution in [0.5, 0.6) is 0 Å². The summed E-state index contributed by atoms with van der Waals surface area (Å²) in [6, 6.07) is -1.41. The smallest absolute Gasteiger partial charge is 0.408 e. The molecule has 2 bridgehead atoms. The van der Waals surface area contributed by atoms with Gasteiger partial charge in [0.2, 0.25) is 15.9 Å². The first kappa shape index (κ1) is 27.7. The maximum absolute atomic E-state index is 15.5. The lowest BCUT2D eigenvalue weighted by Crippen LogP contribution is -2.46. The van der Waals surface area contributed by atoms with Crippen molar-refractivity contribution in [1.82, 2.24) is 9.62 Å². The Hall–Kier alpha value is -1.90. The Labute approximate surface area is 209 Å². The zero-order chi connectivity index (χ0) is 26.6. The minimum atomic E-state index is -3.83. The lowest BCUT2D eigenvalue weighted by atomic mass is 9.69. The third kappa shape index (κ3) is 4.89. The quantitative estimate of drug-likeness (QED) is 0.487. The molecule has 0 aromatic carbocycles. The SMILES string of the molecule is C=CC[C@@H](/C=C(\F)[C@H](NC(=O)OC(C)(C)C)C(C)C)C(=O)N1[C@@H]2C[C@@H]3CC[C@@]2(CS1(=O)=O)C3(C)C. The van der Waals surface area contributed by atoms with E-state index in [9.17, 15) is 18.0 Å². The average molecular weight is 513 g/mol. The molecule has 9 heteroatoms. The molecule has 7 nitrogen and oxygen atoms in total. The average Bonchev–Trinajstić information content (AvgIpc) is 3.17. The van der Waals surface area contributed by atoms with E-state index in [1.165, 1.54) is 6.08 Å². The molecule has 2 amide bonds. The number of amides is 2. The van der Waals surface area contributed by atoms with Gasteiger partial charge in [-0.15, -0.1) is 6.58 Å². The second-order valence-electron chi connectivity index (χ2n) is 12.3. The van der Waals surface area contributed by atoms with Gasteiger partial charge in [-0.3, -0.25) is 4.79 Å². The Morgan fingerprint density at radius 2 is 1.91 bits per heavy atom. The Balaban J connectivity index is 1.89. The van der Waals surface area contributed by atoms with Crippen LogP contribution in [0.3, 0.4) is 0 Å². The molecule has 1 heterocycles. The molecule has 2 aliphatic carbocycles. The fourth-order valence-electron chi connectivity index (χ4n) is 6.45. The summed E-state index contributed by atoms with van der Waals surface area (Å²) in [6.07, 6.45) is 4.36. The van der Waals surface area contributed by atoms with E-state index in [0.717, 1.165) is 23.2 Å². The van der Waals surface area contributed by atoms with Gasteiger partial charge in [0.25, 0.3) is 0 Å². The van der Waals surface area contributed by atoms with Crippen molar-refractivity contribution in [1.29, 1.82) is 0 Å². The Morgan fingerprint density at radius 1 is 1.29 bits per heavy atom. The highest BCUT2D eigenvalue weighted by Crippen LogP contribution is 2.70. The van der Waals surface area contributed by atoms with Crippen LogP contribution in [-0.2, 0) is 19.6 Å². The number of hydrogen-bond acceptors (Lipinski definition) is 5. The van der Waals surface area contributed by atoms with Crippen molar-refractivity contribution in [3.63, 3.8) is 0 Å². The number of fused-ring (bicyclic) bond motifs is 1. The number of nitrogens with one attached hydrogen (secondary N) is 1. The van der Waals surface area contributed by atoms with Gasteiger partial charge in [-0.05, 0) is 69.8 Å². The largest absolute Gasteiger partial charge is 0.444 e. The Morgan fingerprint density at radius 3 is 2.43 bits per heavy atom. The molecule has 0 radical (unpaired) electrons. The Kier molecular flexibility index (Phi) is 7.27. The van der Waals surface area contributed by atoms with E-state index >= 15 is 4.39 Å². The van der Waals surface area contributed by atoms with Crippen molar-refractivity contribution in [2.45, 2.75) is 91.8 Å². The summed E-state index contributed by atoms with van der Waals surface area (Å²) >= 11 is 0. The monoisotopic (exact) mass is 512 g/mol. The van der Waals surface area contributed by atoms with Crippen LogP contribution in [0.15, 0.2) is 24.6 Å². The highest BCUT2D eigenvalue weighted by molar-refractivity contribution is 7.90. The predicted octanol–water partition coefficient (Wildman–Crippen LogP) is 4.95. The highest BCUT2D eigenvalue weighted by Gasteiger charge is 2.72. The lowest BCUT2D eigenvalue weighted by molar-refractivity contribution is -0.131. The molecule has 1 spiro atoms. The first-order valence-corrected chi connectivity index (χ1v) is 14.1. The molecule has 5 atom stereocenters. The lowest BCUT2D eigenvalue weighted by Gasteiger charge is -2.37. The molecule has 198 valence electrons. The van der Waals surface area contributed by atoms with Crippen LogP contribution >= 0.6 is 0 Å². The summed E-state index contributed by atoms with van der Waals surface area (Å²) in [4.78, 5) is 26.0. The number of carbonyl (C=O) groups is 2. The summed E-state index contributed by atoms with van der Waals surface area (Å²) in [6.45, 7) is 16.5. The minimum absolute atomic E-state index is 0.0399. The molecule has 0 unspecified atom stereocenters. The van der Waals surface area contributed by atoms with Crippen LogP contribution in [0.25, 0.3) is 0 Å². The van der Waals surface area contributed by atoms with E-state index < -0.39 is 56.9 Å². The number of allylic oxidation sites excluding steroid dienone is 1. The van der Waals surface area contributed by atoms with Crippen LogP contribution in [0.1, 0.15) is 74.1 Å². The standard InChI is InChI=1S/C26H41FN2O5S/c1-9-10-17(13-19(27)21(16(2)3)28-23(31)34-24(4,5)6)22(30)29-20-14-18-11-12-26(20,25(18,7)8)15-35(29,32)33/h9,13,16-18,20-21H,1,10-12,14-15H2,2-8H3,(H,28,31)/b19-13-/t17-,18-,20+,21+,26-/m0/s1. The predicted molar refractivity (Wildman–Crippen MR) is 133 cm³/mol. The van der Waals surface area contributed by atoms with Crippen molar-refractivity contribution >= 4 is 22.0 Å². The Bertz CT molecular complexity index is 1010. The van der Waals surface area contributed by atoms with E-state index in [4.69, 9.17) is 4.74 Å². The number of sulfonamides is 1. The van der Waals surface area contributed by atoms with E-state index in [2.05, 4.69) is 25.7 Å². The summed E-state index contributed by atoms with van der Waals surface area (Å²) in [5, 5.41) is 2.54. The fraction of sp³-hybridized carbons (Fsp3) is 0.769.